The van der Waals surface area contributed by atoms with E-state index >= 15 is 0 Å². The summed E-state index contributed by atoms with van der Waals surface area (Å²) in [5.74, 6) is 0. The van der Waals surface area contributed by atoms with Gasteiger partial charge in [-0.1, -0.05) is 6.92 Å². The van der Waals surface area contributed by atoms with Crippen LogP contribution in [0.4, 0.5) is 0 Å². The van der Waals surface area contributed by atoms with E-state index in [9.17, 15) is 5.11 Å². The first kappa shape index (κ1) is 15.9. The summed E-state index contributed by atoms with van der Waals surface area (Å²) in [7, 11) is 2.14. The van der Waals surface area contributed by atoms with Gasteiger partial charge in [0.05, 0.1) is 12.7 Å². The van der Waals surface area contributed by atoms with Gasteiger partial charge in [0, 0.05) is 18.7 Å². The highest BCUT2D eigenvalue weighted by atomic mass is 16.5. The first-order valence-electron chi connectivity index (χ1n) is 7.29. The minimum atomic E-state index is -0.387. The molecule has 0 bridgehead atoms. The zero-order chi connectivity index (χ0) is 13.4. The second-order valence-electron chi connectivity index (χ2n) is 5.73. The summed E-state index contributed by atoms with van der Waals surface area (Å²) in [6, 6.07) is 0. The average molecular weight is 258 g/mol. The van der Waals surface area contributed by atoms with Crippen LogP contribution in [0.15, 0.2) is 0 Å². The van der Waals surface area contributed by atoms with Crippen molar-refractivity contribution in [2.45, 2.75) is 57.1 Å². The van der Waals surface area contributed by atoms with Gasteiger partial charge in [0.15, 0.2) is 0 Å². The third-order valence-electron chi connectivity index (χ3n) is 4.02. The van der Waals surface area contributed by atoms with E-state index in [0.717, 1.165) is 39.0 Å². The lowest BCUT2D eigenvalue weighted by atomic mass is 9.92. The van der Waals surface area contributed by atoms with E-state index in [-0.39, 0.29) is 12.1 Å². The van der Waals surface area contributed by atoms with Crippen LogP contribution in [0.3, 0.4) is 0 Å². The van der Waals surface area contributed by atoms with Crippen LogP contribution in [-0.2, 0) is 4.74 Å². The molecule has 0 radical (unpaired) electrons. The molecule has 1 heterocycles. The molecule has 1 saturated heterocycles. The molecule has 1 fully saturated rings. The van der Waals surface area contributed by atoms with Crippen LogP contribution in [0, 0.1) is 0 Å². The van der Waals surface area contributed by atoms with Gasteiger partial charge in [-0.3, -0.25) is 0 Å². The van der Waals surface area contributed by atoms with Crippen molar-refractivity contribution in [1.29, 1.82) is 0 Å². The molecule has 0 aliphatic carbocycles. The van der Waals surface area contributed by atoms with E-state index in [1.165, 1.54) is 19.3 Å². The molecule has 2 unspecified atom stereocenters. The van der Waals surface area contributed by atoms with E-state index < -0.39 is 0 Å². The Bertz CT molecular complexity index is 214. The molecule has 0 aromatic rings. The largest absolute Gasteiger partial charge is 0.394 e. The van der Waals surface area contributed by atoms with E-state index in [1.54, 1.807) is 0 Å². The number of nitrogens with two attached hydrogens (primary N) is 1. The Labute approximate surface area is 111 Å². The number of hydrogen-bond acceptors (Lipinski definition) is 4. The number of hydrogen-bond donors (Lipinski definition) is 2. The number of likely N-dealkylation sites (N-methyl/N-ethyl adjacent to an activating group) is 1. The van der Waals surface area contributed by atoms with Crippen molar-refractivity contribution in [2.24, 2.45) is 5.73 Å². The smallest absolute Gasteiger partial charge is 0.0701 e. The maximum atomic E-state index is 9.25. The zero-order valence-electron chi connectivity index (χ0n) is 12.0. The lowest BCUT2D eigenvalue weighted by Gasteiger charge is -2.29. The van der Waals surface area contributed by atoms with Crippen molar-refractivity contribution < 1.29 is 9.84 Å². The molecule has 1 rings (SSSR count). The summed E-state index contributed by atoms with van der Waals surface area (Å²) in [5.41, 5.74) is 5.69. The minimum Gasteiger partial charge on any atom is -0.394 e. The van der Waals surface area contributed by atoms with Crippen molar-refractivity contribution in [2.75, 3.05) is 33.4 Å². The molecular formula is C14H30N2O2. The lowest BCUT2D eigenvalue weighted by molar-refractivity contribution is -0.00190. The van der Waals surface area contributed by atoms with E-state index in [1.807, 2.05) is 6.92 Å². The molecular weight excluding hydrogens is 228 g/mol. The van der Waals surface area contributed by atoms with Crippen LogP contribution in [0.5, 0.6) is 0 Å². The highest BCUT2D eigenvalue weighted by Crippen LogP contribution is 2.15. The predicted molar refractivity (Wildman–Crippen MR) is 74.6 cm³/mol. The summed E-state index contributed by atoms with van der Waals surface area (Å²) in [5, 5.41) is 9.25. The molecule has 0 amide bonds. The maximum Gasteiger partial charge on any atom is 0.0701 e. The molecule has 0 spiro atoms. The Balaban J connectivity index is 2.14. The zero-order valence-corrected chi connectivity index (χ0v) is 12.0. The number of rotatable bonds is 8. The molecule has 0 aromatic heterocycles. The molecule has 1 aliphatic rings. The van der Waals surface area contributed by atoms with Crippen LogP contribution < -0.4 is 5.73 Å². The van der Waals surface area contributed by atoms with Crippen molar-refractivity contribution in [3.8, 4) is 0 Å². The lowest BCUT2D eigenvalue weighted by Crippen LogP contribution is -2.43. The Morgan fingerprint density at radius 1 is 1.44 bits per heavy atom. The van der Waals surface area contributed by atoms with Crippen LogP contribution >= 0.6 is 0 Å². The Morgan fingerprint density at radius 3 is 2.78 bits per heavy atom. The Morgan fingerprint density at radius 2 is 2.22 bits per heavy atom. The van der Waals surface area contributed by atoms with E-state index in [2.05, 4.69) is 11.9 Å². The fourth-order valence-electron chi connectivity index (χ4n) is 2.46. The maximum absolute atomic E-state index is 9.25. The molecule has 2 atom stereocenters. The topological polar surface area (TPSA) is 58.7 Å². The molecule has 18 heavy (non-hydrogen) atoms. The standard InChI is InChI=1S/C14H30N2O2/c1-3-14(15,12-17)8-6-9-16(2)11-13-7-4-5-10-18-13/h13,17H,3-12,15H2,1-2H3. The van der Waals surface area contributed by atoms with Crippen molar-refractivity contribution in [3.05, 3.63) is 0 Å². The van der Waals surface area contributed by atoms with Crippen LogP contribution in [0.1, 0.15) is 45.4 Å². The molecule has 4 nitrogen and oxygen atoms in total. The van der Waals surface area contributed by atoms with Gasteiger partial charge in [-0.15, -0.1) is 0 Å². The number of nitrogens with zero attached hydrogens (tertiary/aromatic N) is 1. The monoisotopic (exact) mass is 258 g/mol. The van der Waals surface area contributed by atoms with Crippen molar-refractivity contribution in [3.63, 3.8) is 0 Å². The summed E-state index contributed by atoms with van der Waals surface area (Å²) < 4.78 is 5.73. The van der Waals surface area contributed by atoms with Gasteiger partial charge in [-0.25, -0.2) is 0 Å². The second kappa shape index (κ2) is 8.10. The summed E-state index contributed by atoms with van der Waals surface area (Å²) >= 11 is 0. The third-order valence-corrected chi connectivity index (χ3v) is 4.02. The summed E-state index contributed by atoms with van der Waals surface area (Å²) in [4.78, 5) is 2.32. The first-order chi connectivity index (χ1) is 8.59. The number of aliphatic hydroxyl groups is 1. The summed E-state index contributed by atoms with van der Waals surface area (Å²) in [6.45, 7) is 5.08. The minimum absolute atomic E-state index is 0.0823. The molecule has 4 heteroatoms. The van der Waals surface area contributed by atoms with Gasteiger partial charge in [0.1, 0.15) is 0 Å². The van der Waals surface area contributed by atoms with E-state index in [0.29, 0.717) is 6.10 Å². The van der Waals surface area contributed by atoms with Gasteiger partial charge in [0.25, 0.3) is 0 Å². The van der Waals surface area contributed by atoms with Gasteiger partial charge >= 0.3 is 0 Å². The normalized spacial score (nSPS) is 24.2. The van der Waals surface area contributed by atoms with Crippen LogP contribution in [0.25, 0.3) is 0 Å². The van der Waals surface area contributed by atoms with Crippen molar-refractivity contribution >= 4 is 0 Å². The van der Waals surface area contributed by atoms with Gasteiger partial charge in [0.2, 0.25) is 0 Å². The molecule has 108 valence electrons. The SMILES string of the molecule is CCC(N)(CO)CCCN(C)CC1CCCCO1. The van der Waals surface area contributed by atoms with Crippen molar-refractivity contribution in [1.82, 2.24) is 4.90 Å². The van der Waals surface area contributed by atoms with Crippen LogP contribution in [-0.4, -0.2) is 55.0 Å². The van der Waals surface area contributed by atoms with Gasteiger partial charge in [-0.05, 0) is 52.1 Å². The predicted octanol–water partition coefficient (Wildman–Crippen LogP) is 1.37. The number of ether oxygens (including phenoxy) is 1. The second-order valence-corrected chi connectivity index (χ2v) is 5.73. The summed E-state index contributed by atoms with van der Waals surface area (Å²) in [6.07, 6.45) is 6.86. The van der Waals surface area contributed by atoms with Gasteiger partial charge < -0.3 is 20.5 Å². The molecule has 0 saturated carbocycles. The fraction of sp³-hybridized carbons (Fsp3) is 1.00. The molecule has 0 aromatic carbocycles. The highest BCUT2D eigenvalue weighted by molar-refractivity contribution is 4.81. The number of aliphatic hydroxyl groups excluding tert-OH is 1. The Hall–Kier alpha value is -0.160. The van der Waals surface area contributed by atoms with Crippen LogP contribution in [0.2, 0.25) is 0 Å². The fourth-order valence-corrected chi connectivity index (χ4v) is 2.46. The highest BCUT2D eigenvalue weighted by Gasteiger charge is 2.21. The Kier molecular flexibility index (Phi) is 7.15. The van der Waals surface area contributed by atoms with E-state index in [4.69, 9.17) is 10.5 Å². The average Bonchev–Trinajstić information content (AvgIpc) is 2.39. The molecule has 3 N–H and O–H groups in total. The molecule has 1 aliphatic heterocycles. The quantitative estimate of drug-likeness (QED) is 0.690. The third kappa shape index (κ3) is 5.65. The van der Waals surface area contributed by atoms with Gasteiger partial charge in [-0.2, -0.15) is 0 Å². The first-order valence-corrected chi connectivity index (χ1v) is 7.29.